The maximum absolute atomic E-state index is 13.9. The number of methoxy groups -OCH3 is 1. The van der Waals surface area contributed by atoms with Gasteiger partial charge in [0, 0.05) is 37.8 Å². The molecule has 25 heavy (non-hydrogen) atoms. The standard InChI is InChI=1S/C17H26FN3O3.ClH/c1-17(2,3)16(23)21-12-5-6-14(18)13(11-12)15(22)20-8-7-19-9-10-24-4;/h5-6,11,19H,7-10H2,1-4H3,(H,20,22)(H,21,23);1H. The molecule has 0 aromatic heterocycles. The molecule has 0 radical (unpaired) electrons. The Kier molecular flexibility index (Phi) is 10.3. The number of rotatable bonds is 8. The van der Waals surface area contributed by atoms with Crippen LogP contribution in [0.5, 0.6) is 0 Å². The fourth-order valence-electron chi connectivity index (χ4n) is 1.75. The fourth-order valence-corrected chi connectivity index (χ4v) is 1.75. The molecule has 0 spiro atoms. The third-order valence-electron chi connectivity index (χ3n) is 3.22. The SMILES string of the molecule is COCCNCCNC(=O)c1cc(NC(=O)C(C)(C)C)ccc1F.Cl. The molecule has 0 aliphatic heterocycles. The molecule has 0 unspecified atom stereocenters. The molecule has 0 atom stereocenters. The zero-order valence-electron chi connectivity index (χ0n) is 15.1. The molecule has 0 saturated heterocycles. The highest BCUT2D eigenvalue weighted by Gasteiger charge is 2.22. The van der Waals surface area contributed by atoms with Crippen LogP contribution in [-0.2, 0) is 9.53 Å². The number of nitrogens with one attached hydrogen (secondary N) is 3. The second-order valence-electron chi connectivity index (χ2n) is 6.40. The van der Waals surface area contributed by atoms with Crippen molar-refractivity contribution in [2.45, 2.75) is 20.8 Å². The highest BCUT2D eigenvalue weighted by molar-refractivity contribution is 5.98. The van der Waals surface area contributed by atoms with Crippen molar-refractivity contribution in [3.63, 3.8) is 0 Å². The van der Waals surface area contributed by atoms with Crippen LogP contribution >= 0.6 is 12.4 Å². The maximum atomic E-state index is 13.9. The van der Waals surface area contributed by atoms with Crippen LogP contribution in [0.3, 0.4) is 0 Å². The van der Waals surface area contributed by atoms with Gasteiger partial charge < -0.3 is 20.7 Å². The van der Waals surface area contributed by atoms with E-state index < -0.39 is 17.1 Å². The Morgan fingerprint density at radius 2 is 1.84 bits per heavy atom. The fraction of sp³-hybridized carbons (Fsp3) is 0.529. The predicted octanol–water partition coefficient (Wildman–Crippen LogP) is 2.20. The first-order chi connectivity index (χ1) is 11.3. The van der Waals surface area contributed by atoms with Gasteiger partial charge in [-0.2, -0.15) is 0 Å². The van der Waals surface area contributed by atoms with E-state index >= 15 is 0 Å². The number of carbonyl (C=O) groups is 2. The van der Waals surface area contributed by atoms with Gasteiger partial charge in [0.25, 0.3) is 5.91 Å². The Morgan fingerprint density at radius 3 is 2.44 bits per heavy atom. The molecule has 0 aliphatic rings. The molecule has 8 heteroatoms. The van der Waals surface area contributed by atoms with Crippen molar-refractivity contribution in [2.75, 3.05) is 38.7 Å². The second-order valence-corrected chi connectivity index (χ2v) is 6.40. The molecule has 1 aromatic rings. The Bertz CT molecular complexity index is 577. The molecule has 0 heterocycles. The Morgan fingerprint density at radius 1 is 1.16 bits per heavy atom. The summed E-state index contributed by atoms with van der Waals surface area (Å²) in [5.41, 5.74) is -0.289. The molecular formula is C17H27ClFN3O3. The summed E-state index contributed by atoms with van der Waals surface area (Å²) in [6, 6.07) is 3.94. The summed E-state index contributed by atoms with van der Waals surface area (Å²) in [4.78, 5) is 24.0. The number of benzene rings is 1. The Hall–Kier alpha value is -1.70. The first kappa shape index (κ1) is 23.3. The van der Waals surface area contributed by atoms with Crippen molar-refractivity contribution in [3.05, 3.63) is 29.6 Å². The summed E-state index contributed by atoms with van der Waals surface area (Å²) in [6.07, 6.45) is 0. The van der Waals surface area contributed by atoms with E-state index in [2.05, 4.69) is 16.0 Å². The van der Waals surface area contributed by atoms with Crippen molar-refractivity contribution in [2.24, 2.45) is 5.41 Å². The highest BCUT2D eigenvalue weighted by Crippen LogP contribution is 2.19. The average molecular weight is 376 g/mol. The lowest BCUT2D eigenvalue weighted by Crippen LogP contribution is -2.33. The minimum absolute atomic E-state index is 0. The first-order valence-corrected chi connectivity index (χ1v) is 7.84. The minimum Gasteiger partial charge on any atom is -0.383 e. The van der Waals surface area contributed by atoms with E-state index in [1.165, 1.54) is 18.2 Å². The van der Waals surface area contributed by atoms with Gasteiger partial charge in [-0.25, -0.2) is 4.39 Å². The molecule has 6 nitrogen and oxygen atoms in total. The number of halogens is 2. The zero-order chi connectivity index (χ0) is 18.2. The van der Waals surface area contributed by atoms with Gasteiger partial charge in [0.2, 0.25) is 5.91 Å². The number of amides is 2. The number of hydrogen-bond donors (Lipinski definition) is 3. The summed E-state index contributed by atoms with van der Waals surface area (Å²) in [7, 11) is 1.61. The number of carbonyl (C=O) groups excluding carboxylic acids is 2. The predicted molar refractivity (Wildman–Crippen MR) is 98.8 cm³/mol. The second kappa shape index (κ2) is 11.0. The third kappa shape index (κ3) is 8.29. The zero-order valence-corrected chi connectivity index (χ0v) is 15.9. The van der Waals surface area contributed by atoms with Crippen molar-refractivity contribution in [1.82, 2.24) is 10.6 Å². The van der Waals surface area contributed by atoms with E-state index in [0.717, 1.165) is 0 Å². The average Bonchev–Trinajstić information content (AvgIpc) is 2.51. The molecule has 1 rings (SSSR count). The van der Waals surface area contributed by atoms with Crippen LogP contribution in [-0.4, -0.2) is 45.2 Å². The smallest absolute Gasteiger partial charge is 0.254 e. The van der Waals surface area contributed by atoms with E-state index in [0.29, 0.717) is 31.9 Å². The van der Waals surface area contributed by atoms with Crippen molar-refractivity contribution < 1.29 is 18.7 Å². The largest absolute Gasteiger partial charge is 0.383 e. The molecule has 0 saturated carbocycles. The topological polar surface area (TPSA) is 79.5 Å². The van der Waals surface area contributed by atoms with E-state index in [4.69, 9.17) is 4.74 Å². The monoisotopic (exact) mass is 375 g/mol. The summed E-state index contributed by atoms with van der Waals surface area (Å²) in [5, 5.41) is 8.39. The Balaban J connectivity index is 0.00000576. The lowest BCUT2D eigenvalue weighted by Gasteiger charge is -2.18. The maximum Gasteiger partial charge on any atom is 0.254 e. The van der Waals surface area contributed by atoms with Gasteiger partial charge >= 0.3 is 0 Å². The van der Waals surface area contributed by atoms with Gasteiger partial charge in [-0.05, 0) is 18.2 Å². The van der Waals surface area contributed by atoms with E-state index in [-0.39, 0.29) is 23.9 Å². The van der Waals surface area contributed by atoms with Crippen LogP contribution in [0.4, 0.5) is 10.1 Å². The molecular weight excluding hydrogens is 349 g/mol. The third-order valence-corrected chi connectivity index (χ3v) is 3.22. The van der Waals surface area contributed by atoms with Crippen LogP contribution in [0.1, 0.15) is 31.1 Å². The van der Waals surface area contributed by atoms with E-state index in [1.54, 1.807) is 27.9 Å². The summed E-state index contributed by atoms with van der Waals surface area (Å²) < 4.78 is 18.8. The van der Waals surface area contributed by atoms with Gasteiger partial charge in [-0.15, -0.1) is 12.4 Å². The highest BCUT2D eigenvalue weighted by atomic mass is 35.5. The lowest BCUT2D eigenvalue weighted by molar-refractivity contribution is -0.123. The molecule has 142 valence electrons. The van der Waals surface area contributed by atoms with Gasteiger partial charge in [-0.3, -0.25) is 9.59 Å². The van der Waals surface area contributed by atoms with Gasteiger partial charge in [0.05, 0.1) is 12.2 Å². The van der Waals surface area contributed by atoms with Crippen LogP contribution < -0.4 is 16.0 Å². The number of anilines is 1. The molecule has 0 aliphatic carbocycles. The van der Waals surface area contributed by atoms with Crippen molar-refractivity contribution >= 4 is 29.9 Å². The van der Waals surface area contributed by atoms with Crippen LogP contribution in [0.25, 0.3) is 0 Å². The van der Waals surface area contributed by atoms with Crippen LogP contribution in [0.2, 0.25) is 0 Å². The molecule has 0 fully saturated rings. The van der Waals surface area contributed by atoms with Gasteiger partial charge in [0.1, 0.15) is 5.82 Å². The summed E-state index contributed by atoms with van der Waals surface area (Å²) >= 11 is 0. The van der Waals surface area contributed by atoms with Crippen LogP contribution in [0.15, 0.2) is 18.2 Å². The van der Waals surface area contributed by atoms with Gasteiger partial charge in [0.15, 0.2) is 0 Å². The quantitative estimate of drug-likeness (QED) is 0.608. The Labute approximate surface area is 154 Å². The van der Waals surface area contributed by atoms with Gasteiger partial charge in [-0.1, -0.05) is 20.8 Å². The minimum atomic E-state index is -0.631. The molecule has 0 bridgehead atoms. The molecule has 2 amide bonds. The number of hydrogen-bond acceptors (Lipinski definition) is 4. The van der Waals surface area contributed by atoms with Crippen molar-refractivity contribution in [1.29, 1.82) is 0 Å². The summed E-state index contributed by atoms with van der Waals surface area (Å²) in [6.45, 7) is 7.49. The van der Waals surface area contributed by atoms with Crippen molar-refractivity contribution in [3.8, 4) is 0 Å². The molecule has 3 N–H and O–H groups in total. The lowest BCUT2D eigenvalue weighted by atomic mass is 9.95. The number of ether oxygens (including phenoxy) is 1. The normalized spacial score (nSPS) is 10.8. The first-order valence-electron chi connectivity index (χ1n) is 7.84. The van der Waals surface area contributed by atoms with Crippen LogP contribution in [0, 0.1) is 11.2 Å². The van der Waals surface area contributed by atoms with E-state index in [1.807, 2.05) is 0 Å². The van der Waals surface area contributed by atoms with E-state index in [9.17, 15) is 14.0 Å². The molecule has 1 aromatic carbocycles. The summed E-state index contributed by atoms with van der Waals surface area (Å²) in [5.74, 6) is -1.36.